The zero-order valence-electron chi connectivity index (χ0n) is 43.2. The summed E-state index contributed by atoms with van der Waals surface area (Å²) in [7, 11) is -9.74. The summed E-state index contributed by atoms with van der Waals surface area (Å²) < 4.78 is 128. The standard InChI is InChI=1S/C48H55F3N10O20S2/c49-48(50,51)45(71)81-40(64)26-38(42(67)68)61(83(74,75)57-28-30-3-15-36(16-4-30)80-44(70)32-7-11-34(12-8-32)59-47(54)55)18-20-77-22-24-78-23-21-76-19-17-60(37(41(65)66)25-39(62)63)82(72,73)56-27-29-1-13-35(14-2-29)79-43(69)31-5-9-33(10-6-31)58-46(52)53/h1-16,37-38,56-57H,17-28H2,(H,62,63)(H,65,66)(H,67,68)(H4,52,53,58)(H4,54,55,59). The Hall–Kier alpha value is -8.68. The molecule has 0 amide bonds. The second-order valence-electron chi connectivity index (χ2n) is 16.7. The molecule has 0 radical (unpaired) electrons. The number of ether oxygens (including phenoxy) is 6. The molecule has 0 aliphatic heterocycles. The number of alkyl halides is 3. The lowest BCUT2D eigenvalue weighted by Gasteiger charge is -2.27. The second-order valence-corrected chi connectivity index (χ2v) is 20.1. The van der Waals surface area contributed by atoms with Gasteiger partial charge in [-0.3, -0.25) is 19.2 Å². The molecule has 83 heavy (non-hydrogen) atoms. The lowest BCUT2D eigenvalue weighted by Crippen LogP contribution is -2.52. The molecule has 13 N–H and O–H groups in total. The minimum Gasteiger partial charge on any atom is -0.481 e. The first-order valence-electron chi connectivity index (χ1n) is 23.8. The van der Waals surface area contributed by atoms with Crippen LogP contribution < -0.4 is 41.9 Å². The molecule has 2 unspecified atom stereocenters. The zero-order valence-corrected chi connectivity index (χ0v) is 44.8. The summed E-state index contributed by atoms with van der Waals surface area (Å²) in [5, 5.41) is 29.1. The third-order valence-corrected chi connectivity index (χ3v) is 13.7. The van der Waals surface area contributed by atoms with Crippen LogP contribution in [0.2, 0.25) is 0 Å². The number of carboxylic acid groups (broad SMARTS) is 3. The average molecular weight is 1210 g/mol. The van der Waals surface area contributed by atoms with Crippen LogP contribution >= 0.6 is 0 Å². The van der Waals surface area contributed by atoms with Crippen LogP contribution in [-0.4, -0.2) is 165 Å². The normalized spacial score (nSPS) is 12.4. The van der Waals surface area contributed by atoms with Gasteiger partial charge in [-0.2, -0.15) is 48.1 Å². The van der Waals surface area contributed by atoms with Crippen molar-refractivity contribution in [2.45, 2.75) is 44.2 Å². The van der Waals surface area contributed by atoms with Gasteiger partial charge < -0.3 is 66.7 Å². The van der Waals surface area contributed by atoms with Crippen molar-refractivity contribution in [3.8, 4) is 11.5 Å². The van der Waals surface area contributed by atoms with Crippen molar-refractivity contribution in [2.24, 2.45) is 32.9 Å². The molecule has 0 spiro atoms. The number of aliphatic carboxylic acids is 3. The lowest BCUT2D eigenvalue weighted by molar-refractivity contribution is -0.202. The highest BCUT2D eigenvalue weighted by atomic mass is 32.2. The molecule has 0 heterocycles. The van der Waals surface area contributed by atoms with Gasteiger partial charge in [0.05, 0.1) is 75.0 Å². The molecule has 0 saturated heterocycles. The number of rotatable bonds is 34. The van der Waals surface area contributed by atoms with Gasteiger partial charge >= 0.3 is 48.0 Å². The fraction of sp³-hybridized carbons (Fsp3) is 0.312. The van der Waals surface area contributed by atoms with E-state index < -0.39 is 133 Å². The van der Waals surface area contributed by atoms with Crippen molar-refractivity contribution in [1.82, 2.24) is 18.1 Å². The number of guanidine groups is 2. The summed E-state index contributed by atoms with van der Waals surface area (Å²) in [5.74, 6) is -12.3. The van der Waals surface area contributed by atoms with Crippen molar-refractivity contribution < 1.29 is 107 Å². The molecule has 4 aromatic carbocycles. The number of carbonyl (C=O) groups excluding carboxylic acids is 4. The van der Waals surface area contributed by atoms with Crippen LogP contribution in [0.4, 0.5) is 24.5 Å². The number of carbonyl (C=O) groups is 7. The highest BCUT2D eigenvalue weighted by molar-refractivity contribution is 7.87. The molecule has 2 atom stereocenters. The van der Waals surface area contributed by atoms with Gasteiger partial charge in [0.15, 0.2) is 11.9 Å². The monoisotopic (exact) mass is 1210 g/mol. The van der Waals surface area contributed by atoms with Gasteiger partial charge in [-0.05, 0) is 83.9 Å². The van der Waals surface area contributed by atoms with E-state index in [0.29, 0.717) is 21.2 Å². The Bertz CT molecular complexity index is 3190. The van der Waals surface area contributed by atoms with Gasteiger partial charge in [-0.25, -0.2) is 24.4 Å². The van der Waals surface area contributed by atoms with Crippen LogP contribution in [0, 0.1) is 0 Å². The Morgan fingerprint density at radius 3 is 1.20 bits per heavy atom. The number of nitrogens with one attached hydrogen (secondary N) is 2. The first-order valence-corrected chi connectivity index (χ1v) is 26.7. The van der Waals surface area contributed by atoms with E-state index in [1.54, 1.807) is 0 Å². The predicted octanol–water partition coefficient (Wildman–Crippen LogP) is 0.361. The smallest absolute Gasteiger partial charge is 0.481 e. The van der Waals surface area contributed by atoms with E-state index in [0.717, 1.165) is 0 Å². The van der Waals surface area contributed by atoms with Crippen LogP contribution in [0.3, 0.4) is 0 Å². The number of carboxylic acids is 3. The predicted molar refractivity (Wildman–Crippen MR) is 281 cm³/mol. The molecular formula is C48H55F3N10O20S2. The molecule has 35 heteroatoms. The third-order valence-electron chi connectivity index (χ3n) is 10.6. The van der Waals surface area contributed by atoms with Gasteiger partial charge in [0.25, 0.3) is 20.4 Å². The van der Waals surface area contributed by atoms with Crippen LogP contribution in [0.1, 0.15) is 44.7 Å². The number of hydrogen-bond acceptors (Lipinski definition) is 19. The van der Waals surface area contributed by atoms with Gasteiger partial charge in [0, 0.05) is 26.2 Å². The lowest BCUT2D eigenvalue weighted by atomic mass is 10.2. The topological polar surface area (TPSA) is 463 Å². The fourth-order valence-electron chi connectivity index (χ4n) is 6.73. The Morgan fingerprint density at radius 1 is 0.530 bits per heavy atom. The summed E-state index contributed by atoms with van der Waals surface area (Å²) in [5.41, 5.74) is 22.9. The van der Waals surface area contributed by atoms with E-state index in [4.69, 9.17) is 46.6 Å². The fourth-order valence-corrected chi connectivity index (χ4v) is 9.39. The molecule has 30 nitrogen and oxygen atoms in total. The largest absolute Gasteiger partial charge is 0.491 e. The highest BCUT2D eigenvalue weighted by Crippen LogP contribution is 2.22. The minimum absolute atomic E-state index is 0.0196. The van der Waals surface area contributed by atoms with Crippen LogP contribution in [0.5, 0.6) is 11.5 Å². The number of aliphatic imine (C=N–C) groups is 2. The zero-order chi connectivity index (χ0) is 61.5. The molecule has 4 rings (SSSR count). The first-order chi connectivity index (χ1) is 39.0. The summed E-state index contributed by atoms with van der Waals surface area (Å²) in [6.07, 6.45) is -8.37. The summed E-state index contributed by atoms with van der Waals surface area (Å²) in [4.78, 5) is 92.5. The minimum atomic E-state index is -5.66. The number of hydrogen-bond donors (Lipinski definition) is 9. The molecule has 0 aliphatic carbocycles. The van der Waals surface area contributed by atoms with Crippen molar-refractivity contribution in [1.29, 1.82) is 0 Å². The maximum absolute atomic E-state index is 13.6. The summed E-state index contributed by atoms with van der Waals surface area (Å²) in [6.45, 7) is -4.67. The van der Waals surface area contributed by atoms with Crippen molar-refractivity contribution in [2.75, 3.05) is 52.7 Å². The van der Waals surface area contributed by atoms with Gasteiger partial charge in [-0.15, -0.1) is 0 Å². The summed E-state index contributed by atoms with van der Waals surface area (Å²) in [6, 6.07) is 17.7. The SMILES string of the molecule is NC(N)=Nc1ccc(C(=O)Oc2ccc(CNS(=O)(=O)N(CCOCCOCCOCCN(C(CC(=O)OC(=O)C(F)(F)F)C(=O)O)S(=O)(=O)NCc3ccc(OC(=O)c4ccc(N=C(N)N)cc4)cc3)C(CC(=O)O)C(=O)O)cc2)cc1. The van der Waals surface area contributed by atoms with Gasteiger partial charge in [0.1, 0.15) is 23.6 Å². The van der Waals surface area contributed by atoms with Gasteiger partial charge in [-0.1, -0.05) is 24.3 Å². The molecule has 0 fully saturated rings. The molecule has 0 aromatic heterocycles. The maximum atomic E-state index is 13.6. The Labute approximate surface area is 470 Å². The number of esters is 4. The number of nitrogens with two attached hydrogens (primary N) is 4. The quantitative estimate of drug-likeness (QED) is 0.00761. The Morgan fingerprint density at radius 2 is 0.880 bits per heavy atom. The van der Waals surface area contributed by atoms with E-state index in [2.05, 4.69) is 24.2 Å². The third kappa shape index (κ3) is 23.0. The van der Waals surface area contributed by atoms with Crippen LogP contribution in [0.15, 0.2) is 107 Å². The Balaban J connectivity index is 1.29. The van der Waals surface area contributed by atoms with Crippen molar-refractivity contribution >= 4 is 85.5 Å². The van der Waals surface area contributed by atoms with Gasteiger partial charge in [0.2, 0.25) is 0 Å². The molecule has 4 aromatic rings. The molecular weight excluding hydrogens is 1160 g/mol. The molecule has 450 valence electrons. The van der Waals surface area contributed by atoms with Crippen LogP contribution in [0.25, 0.3) is 0 Å². The van der Waals surface area contributed by atoms with Crippen molar-refractivity contribution in [3.05, 3.63) is 119 Å². The number of nitrogens with zero attached hydrogens (tertiary/aromatic N) is 4. The second kappa shape index (κ2) is 31.5. The number of halogens is 3. The van der Waals surface area contributed by atoms with E-state index in [1.165, 1.54) is 97.1 Å². The van der Waals surface area contributed by atoms with Crippen LogP contribution in [-0.2, 0) is 76.4 Å². The van der Waals surface area contributed by atoms with E-state index >= 15 is 0 Å². The van der Waals surface area contributed by atoms with E-state index in [9.17, 15) is 78.9 Å². The first kappa shape index (κ1) is 66.8. The highest BCUT2D eigenvalue weighted by Gasteiger charge is 2.44. The van der Waals surface area contributed by atoms with E-state index in [1.807, 2.05) is 0 Å². The average Bonchev–Trinajstić information content (AvgIpc) is 3.62. The molecule has 0 saturated carbocycles. The Kier molecular flexibility index (Phi) is 25.4. The van der Waals surface area contributed by atoms with E-state index in [-0.39, 0.29) is 70.8 Å². The molecule has 0 aliphatic rings. The number of benzene rings is 4. The molecule has 0 bridgehead atoms. The summed E-state index contributed by atoms with van der Waals surface area (Å²) >= 11 is 0. The maximum Gasteiger partial charge on any atom is 0.491 e. The van der Waals surface area contributed by atoms with Crippen molar-refractivity contribution in [3.63, 3.8) is 0 Å².